The van der Waals surface area contributed by atoms with Crippen LogP contribution in [0.4, 0.5) is 5.82 Å². The molecule has 0 saturated heterocycles. The number of anilines is 1. The first-order valence-electron chi connectivity index (χ1n) is 7.50. The monoisotopic (exact) mass is 310 g/mol. The minimum atomic E-state index is -0.108. The van der Waals surface area contributed by atoms with E-state index in [1.165, 1.54) is 12.8 Å². The van der Waals surface area contributed by atoms with E-state index in [9.17, 15) is 4.79 Å². The van der Waals surface area contributed by atoms with Crippen molar-refractivity contribution in [3.8, 4) is 0 Å². The molecular weight excluding hydrogens is 288 g/mol. The molecular formula is C15H23ClN4O. The van der Waals surface area contributed by atoms with E-state index in [0.29, 0.717) is 29.1 Å². The van der Waals surface area contributed by atoms with Gasteiger partial charge in [-0.05, 0) is 38.4 Å². The number of likely N-dealkylation sites (N-methyl/N-ethyl adjacent to an activating group) is 1. The molecule has 116 valence electrons. The van der Waals surface area contributed by atoms with Crippen LogP contribution >= 0.6 is 11.6 Å². The van der Waals surface area contributed by atoms with Crippen molar-refractivity contribution < 1.29 is 4.79 Å². The van der Waals surface area contributed by atoms with Gasteiger partial charge < -0.3 is 15.5 Å². The topological polar surface area (TPSA) is 57.3 Å². The van der Waals surface area contributed by atoms with Crippen LogP contribution in [-0.4, -0.2) is 48.5 Å². The summed E-state index contributed by atoms with van der Waals surface area (Å²) in [5.41, 5.74) is 0.544. The Hall–Kier alpha value is -1.33. The highest BCUT2D eigenvalue weighted by molar-refractivity contribution is 6.29. The molecule has 1 amide bonds. The number of carbonyl (C=O) groups is 1. The van der Waals surface area contributed by atoms with Crippen LogP contribution in [-0.2, 0) is 0 Å². The van der Waals surface area contributed by atoms with E-state index in [1.54, 1.807) is 12.1 Å². The molecule has 2 rings (SSSR count). The van der Waals surface area contributed by atoms with Crippen molar-refractivity contribution in [1.29, 1.82) is 0 Å². The van der Waals surface area contributed by atoms with E-state index in [-0.39, 0.29) is 5.91 Å². The first kappa shape index (κ1) is 16.0. The van der Waals surface area contributed by atoms with Gasteiger partial charge in [-0.15, -0.1) is 0 Å². The van der Waals surface area contributed by atoms with E-state index in [1.807, 2.05) is 0 Å². The second-order valence-corrected chi connectivity index (χ2v) is 5.85. The summed E-state index contributed by atoms with van der Waals surface area (Å²) in [5.74, 6) is 0.535. The molecule has 5 nitrogen and oxygen atoms in total. The number of pyridine rings is 1. The molecule has 0 unspecified atom stereocenters. The number of nitrogens with zero attached hydrogens (tertiary/aromatic N) is 2. The smallest absolute Gasteiger partial charge is 0.251 e. The Morgan fingerprint density at radius 1 is 1.43 bits per heavy atom. The van der Waals surface area contributed by atoms with Crippen molar-refractivity contribution in [2.75, 3.05) is 32.0 Å². The van der Waals surface area contributed by atoms with E-state index in [2.05, 4.69) is 34.5 Å². The van der Waals surface area contributed by atoms with Crippen molar-refractivity contribution in [3.63, 3.8) is 0 Å². The van der Waals surface area contributed by atoms with Crippen molar-refractivity contribution in [3.05, 3.63) is 22.8 Å². The van der Waals surface area contributed by atoms with Crippen LogP contribution < -0.4 is 10.6 Å². The van der Waals surface area contributed by atoms with Crippen molar-refractivity contribution in [2.45, 2.75) is 32.2 Å². The summed E-state index contributed by atoms with van der Waals surface area (Å²) in [7, 11) is 2.10. The standard InChI is InChI=1S/C15H23ClN4O/c1-3-6-17-14-10-11(9-13(16)19-14)15(21)18-7-8-20(2)12-4-5-12/h9-10,12H,3-8H2,1-2H3,(H,17,19)(H,18,21). The van der Waals surface area contributed by atoms with Gasteiger partial charge in [-0.1, -0.05) is 18.5 Å². The third-order valence-corrected chi connectivity index (χ3v) is 3.73. The SMILES string of the molecule is CCCNc1cc(C(=O)NCCN(C)C2CC2)cc(Cl)n1. The van der Waals surface area contributed by atoms with Gasteiger partial charge in [-0.2, -0.15) is 0 Å². The first-order chi connectivity index (χ1) is 10.1. The fraction of sp³-hybridized carbons (Fsp3) is 0.600. The first-order valence-corrected chi connectivity index (χ1v) is 7.88. The average molecular weight is 311 g/mol. The van der Waals surface area contributed by atoms with Crippen molar-refractivity contribution in [1.82, 2.24) is 15.2 Å². The molecule has 0 aliphatic heterocycles. The Morgan fingerprint density at radius 2 is 2.19 bits per heavy atom. The molecule has 1 aromatic rings. The zero-order valence-electron chi connectivity index (χ0n) is 12.7. The number of hydrogen-bond acceptors (Lipinski definition) is 4. The Kier molecular flexibility index (Phi) is 5.82. The average Bonchev–Trinajstić information content (AvgIpc) is 3.28. The predicted molar refractivity (Wildman–Crippen MR) is 86.0 cm³/mol. The van der Waals surface area contributed by atoms with Gasteiger partial charge in [0.1, 0.15) is 11.0 Å². The molecule has 1 aromatic heterocycles. The van der Waals surface area contributed by atoms with Crippen molar-refractivity contribution >= 4 is 23.3 Å². The summed E-state index contributed by atoms with van der Waals surface area (Å²) in [6.07, 6.45) is 3.54. The fourth-order valence-electron chi connectivity index (χ4n) is 2.12. The molecule has 0 aromatic carbocycles. The zero-order valence-corrected chi connectivity index (χ0v) is 13.4. The quantitative estimate of drug-likeness (QED) is 0.724. The summed E-state index contributed by atoms with van der Waals surface area (Å²) in [6, 6.07) is 4.04. The Bertz CT molecular complexity index is 491. The maximum Gasteiger partial charge on any atom is 0.251 e. The van der Waals surface area contributed by atoms with Gasteiger partial charge in [0.2, 0.25) is 0 Å². The van der Waals surface area contributed by atoms with Crippen LogP contribution in [0.5, 0.6) is 0 Å². The maximum absolute atomic E-state index is 12.1. The number of halogens is 1. The minimum Gasteiger partial charge on any atom is -0.370 e. The Morgan fingerprint density at radius 3 is 2.86 bits per heavy atom. The lowest BCUT2D eigenvalue weighted by Crippen LogP contribution is -2.34. The molecule has 2 N–H and O–H groups in total. The van der Waals surface area contributed by atoms with Crippen molar-refractivity contribution in [2.24, 2.45) is 0 Å². The highest BCUT2D eigenvalue weighted by Crippen LogP contribution is 2.24. The van der Waals surface area contributed by atoms with Crippen LogP contribution in [0.2, 0.25) is 5.15 Å². The van der Waals surface area contributed by atoms with Gasteiger partial charge >= 0.3 is 0 Å². The molecule has 1 saturated carbocycles. The summed E-state index contributed by atoms with van der Waals surface area (Å²) in [6.45, 7) is 4.39. The van der Waals surface area contributed by atoms with Gasteiger partial charge in [-0.25, -0.2) is 4.98 Å². The highest BCUT2D eigenvalue weighted by Gasteiger charge is 2.25. The second kappa shape index (κ2) is 7.61. The summed E-state index contributed by atoms with van der Waals surface area (Å²) in [5, 5.41) is 6.40. The number of rotatable bonds is 8. The summed E-state index contributed by atoms with van der Waals surface area (Å²) >= 11 is 5.97. The van der Waals surface area contributed by atoms with Gasteiger partial charge in [-0.3, -0.25) is 4.79 Å². The van der Waals surface area contributed by atoms with Crippen LogP contribution in [0.25, 0.3) is 0 Å². The third-order valence-electron chi connectivity index (χ3n) is 3.53. The highest BCUT2D eigenvalue weighted by atomic mass is 35.5. The van der Waals surface area contributed by atoms with E-state index >= 15 is 0 Å². The number of aromatic nitrogens is 1. The fourth-order valence-corrected chi connectivity index (χ4v) is 2.33. The Labute approximate surface area is 131 Å². The van der Waals surface area contributed by atoms with Gasteiger partial charge in [0, 0.05) is 31.2 Å². The van der Waals surface area contributed by atoms with Gasteiger partial charge in [0.25, 0.3) is 5.91 Å². The van der Waals surface area contributed by atoms with Crippen LogP contribution in [0.15, 0.2) is 12.1 Å². The lowest BCUT2D eigenvalue weighted by molar-refractivity contribution is 0.0949. The Balaban J connectivity index is 1.86. The second-order valence-electron chi connectivity index (χ2n) is 5.46. The number of hydrogen-bond donors (Lipinski definition) is 2. The zero-order chi connectivity index (χ0) is 15.2. The molecule has 1 aliphatic carbocycles. The molecule has 1 aliphatic rings. The van der Waals surface area contributed by atoms with E-state index in [4.69, 9.17) is 11.6 Å². The molecule has 1 heterocycles. The maximum atomic E-state index is 12.1. The molecule has 6 heteroatoms. The summed E-state index contributed by atoms with van der Waals surface area (Å²) < 4.78 is 0. The lowest BCUT2D eigenvalue weighted by Gasteiger charge is -2.15. The van der Waals surface area contributed by atoms with Crippen LogP contribution in [0.3, 0.4) is 0 Å². The molecule has 1 fully saturated rings. The van der Waals surface area contributed by atoms with Crippen LogP contribution in [0, 0.1) is 0 Å². The van der Waals surface area contributed by atoms with Crippen LogP contribution in [0.1, 0.15) is 36.5 Å². The normalized spacial score (nSPS) is 14.3. The summed E-state index contributed by atoms with van der Waals surface area (Å²) in [4.78, 5) is 18.6. The molecule has 0 spiro atoms. The van der Waals surface area contributed by atoms with Gasteiger partial charge in [0.15, 0.2) is 0 Å². The lowest BCUT2D eigenvalue weighted by atomic mass is 10.2. The van der Waals surface area contributed by atoms with E-state index < -0.39 is 0 Å². The minimum absolute atomic E-state index is 0.108. The van der Waals surface area contributed by atoms with Gasteiger partial charge in [0.05, 0.1) is 0 Å². The number of nitrogens with one attached hydrogen (secondary N) is 2. The molecule has 0 bridgehead atoms. The molecule has 21 heavy (non-hydrogen) atoms. The largest absolute Gasteiger partial charge is 0.370 e. The predicted octanol–water partition coefficient (Wildman–Crippen LogP) is 2.38. The molecule has 0 radical (unpaired) electrons. The number of amides is 1. The molecule has 0 atom stereocenters. The van der Waals surface area contributed by atoms with E-state index in [0.717, 1.165) is 19.5 Å². The third kappa shape index (κ3) is 5.17. The number of carbonyl (C=O) groups excluding carboxylic acids is 1.